The minimum Gasteiger partial charge on any atom is -0.328 e. The van der Waals surface area contributed by atoms with Crippen LogP contribution in [0.5, 0.6) is 0 Å². The Morgan fingerprint density at radius 3 is 2.90 bits per heavy atom. The minimum absolute atomic E-state index is 0.134. The Hall–Kier alpha value is -1.20. The second kappa shape index (κ2) is 5.89. The van der Waals surface area contributed by atoms with Crippen molar-refractivity contribution in [1.29, 1.82) is 0 Å². The number of imidazole rings is 1. The lowest BCUT2D eigenvalue weighted by molar-refractivity contribution is 0.423. The van der Waals surface area contributed by atoms with Crippen LogP contribution in [0.2, 0.25) is 0 Å². The fraction of sp³-hybridized carbons (Fsp3) is 0.625. The maximum absolute atomic E-state index is 4.74. The normalized spacial score (nSPS) is 15.2. The molecule has 2 aromatic rings. The highest BCUT2D eigenvalue weighted by Gasteiger charge is 2.16. The summed E-state index contributed by atoms with van der Waals surface area (Å²) < 4.78 is 2.28. The van der Waals surface area contributed by atoms with Gasteiger partial charge >= 0.3 is 0 Å². The molecule has 21 heavy (non-hydrogen) atoms. The van der Waals surface area contributed by atoms with E-state index in [4.69, 9.17) is 4.98 Å². The van der Waals surface area contributed by atoms with Gasteiger partial charge in [-0.05, 0) is 46.5 Å². The summed E-state index contributed by atoms with van der Waals surface area (Å²) in [6.07, 6.45) is 6.86. The molecule has 0 amide bonds. The molecular weight excluding hydrogens is 280 g/mol. The number of aromatic nitrogens is 3. The number of nitrogens with zero attached hydrogens (tertiary/aromatic N) is 3. The highest BCUT2D eigenvalue weighted by molar-refractivity contribution is 7.09. The Balaban J connectivity index is 1.66. The van der Waals surface area contributed by atoms with E-state index in [-0.39, 0.29) is 5.54 Å². The van der Waals surface area contributed by atoms with E-state index < -0.39 is 0 Å². The van der Waals surface area contributed by atoms with Gasteiger partial charge in [0.1, 0.15) is 5.01 Å². The van der Waals surface area contributed by atoms with Gasteiger partial charge < -0.3 is 9.88 Å². The Kier molecular flexibility index (Phi) is 4.13. The average Bonchev–Trinajstić information content (AvgIpc) is 3.04. The molecule has 5 heteroatoms. The maximum atomic E-state index is 4.74. The van der Waals surface area contributed by atoms with Crippen LogP contribution in [0.3, 0.4) is 0 Å². The van der Waals surface area contributed by atoms with E-state index in [1.165, 1.54) is 24.2 Å². The van der Waals surface area contributed by atoms with Gasteiger partial charge in [0.25, 0.3) is 0 Å². The second-order valence-electron chi connectivity index (χ2n) is 6.81. The number of hydrogen-bond donors (Lipinski definition) is 1. The summed E-state index contributed by atoms with van der Waals surface area (Å²) >= 11 is 1.74. The van der Waals surface area contributed by atoms with Gasteiger partial charge in [-0.25, -0.2) is 9.97 Å². The van der Waals surface area contributed by atoms with Gasteiger partial charge in [0.05, 0.1) is 24.3 Å². The lowest BCUT2D eigenvalue weighted by Gasteiger charge is -2.19. The fourth-order valence-electron chi connectivity index (χ4n) is 2.69. The first-order valence-corrected chi connectivity index (χ1v) is 8.60. The summed E-state index contributed by atoms with van der Waals surface area (Å²) in [4.78, 5) is 9.30. The first-order valence-electron chi connectivity index (χ1n) is 7.72. The molecule has 0 aliphatic heterocycles. The Labute approximate surface area is 130 Å². The van der Waals surface area contributed by atoms with Crippen molar-refractivity contribution in [2.75, 3.05) is 0 Å². The Morgan fingerprint density at radius 1 is 1.29 bits per heavy atom. The predicted molar refractivity (Wildman–Crippen MR) is 86.7 cm³/mol. The number of hydrogen-bond acceptors (Lipinski definition) is 4. The number of aryl methyl sites for hydroxylation is 1. The van der Waals surface area contributed by atoms with Crippen LogP contribution in [-0.4, -0.2) is 20.1 Å². The number of thiazole rings is 1. The standard InChI is InChI=1S/C16H24N4S/c1-16(2,3)18-8-15-19-12(10-21-15)9-20-11-17-13-6-4-5-7-14(13)20/h10-11,18H,4-9H2,1-3H3. The number of nitrogens with one attached hydrogen (secondary N) is 1. The molecule has 0 bridgehead atoms. The monoisotopic (exact) mass is 304 g/mol. The van der Waals surface area contributed by atoms with Crippen LogP contribution in [0.15, 0.2) is 11.7 Å². The molecule has 3 rings (SSSR count). The molecule has 0 unspecified atom stereocenters. The van der Waals surface area contributed by atoms with Gasteiger partial charge in [0.2, 0.25) is 0 Å². The van der Waals surface area contributed by atoms with Gasteiger partial charge in [-0.1, -0.05) is 0 Å². The predicted octanol–water partition coefficient (Wildman–Crippen LogP) is 3.15. The molecule has 1 aliphatic rings. The highest BCUT2D eigenvalue weighted by atomic mass is 32.1. The zero-order chi connectivity index (χ0) is 14.9. The van der Waals surface area contributed by atoms with Crippen LogP contribution in [0.25, 0.3) is 0 Å². The molecule has 0 saturated heterocycles. The third kappa shape index (κ3) is 3.71. The third-order valence-corrected chi connectivity index (χ3v) is 4.71. The largest absolute Gasteiger partial charge is 0.328 e. The van der Waals surface area contributed by atoms with Gasteiger partial charge in [0.15, 0.2) is 0 Å². The van der Waals surface area contributed by atoms with E-state index in [1.54, 1.807) is 11.3 Å². The Bertz CT molecular complexity index is 606. The highest BCUT2D eigenvalue weighted by Crippen LogP contribution is 2.21. The average molecular weight is 304 g/mol. The summed E-state index contributed by atoms with van der Waals surface area (Å²) in [6, 6.07) is 0. The van der Waals surface area contributed by atoms with Crippen molar-refractivity contribution in [2.45, 2.75) is 65.1 Å². The molecule has 2 aromatic heterocycles. The van der Waals surface area contributed by atoms with Gasteiger partial charge in [0, 0.05) is 23.2 Å². The van der Waals surface area contributed by atoms with Crippen molar-refractivity contribution in [2.24, 2.45) is 0 Å². The maximum Gasteiger partial charge on any atom is 0.107 e. The van der Waals surface area contributed by atoms with E-state index in [0.717, 1.165) is 36.6 Å². The van der Waals surface area contributed by atoms with E-state index in [9.17, 15) is 0 Å². The number of fused-ring (bicyclic) bond motifs is 1. The minimum atomic E-state index is 0.134. The molecule has 0 aromatic carbocycles. The van der Waals surface area contributed by atoms with E-state index in [1.807, 2.05) is 6.33 Å². The summed E-state index contributed by atoms with van der Waals surface area (Å²) in [6.45, 7) is 8.24. The van der Waals surface area contributed by atoms with E-state index >= 15 is 0 Å². The first kappa shape index (κ1) is 14.7. The molecule has 0 saturated carbocycles. The van der Waals surface area contributed by atoms with Crippen molar-refractivity contribution in [1.82, 2.24) is 19.9 Å². The molecule has 2 heterocycles. The molecule has 1 N–H and O–H groups in total. The quantitative estimate of drug-likeness (QED) is 0.943. The van der Waals surface area contributed by atoms with Crippen LogP contribution in [-0.2, 0) is 25.9 Å². The van der Waals surface area contributed by atoms with Crippen molar-refractivity contribution < 1.29 is 0 Å². The van der Waals surface area contributed by atoms with Crippen molar-refractivity contribution in [3.8, 4) is 0 Å². The zero-order valence-electron chi connectivity index (χ0n) is 13.1. The van der Waals surface area contributed by atoms with E-state index in [2.05, 4.69) is 41.0 Å². The molecule has 0 spiro atoms. The zero-order valence-corrected chi connectivity index (χ0v) is 14.0. The topological polar surface area (TPSA) is 42.7 Å². The van der Waals surface area contributed by atoms with Crippen molar-refractivity contribution >= 4 is 11.3 Å². The van der Waals surface area contributed by atoms with Crippen LogP contribution < -0.4 is 5.32 Å². The summed E-state index contributed by atoms with van der Waals surface area (Å²) in [5, 5.41) is 6.83. The molecular formula is C16H24N4S. The summed E-state index contributed by atoms with van der Waals surface area (Å²) in [5.74, 6) is 0. The summed E-state index contributed by atoms with van der Waals surface area (Å²) in [7, 11) is 0. The smallest absolute Gasteiger partial charge is 0.107 e. The van der Waals surface area contributed by atoms with Gasteiger partial charge in [-0.2, -0.15) is 0 Å². The number of rotatable bonds is 4. The molecule has 0 atom stereocenters. The van der Waals surface area contributed by atoms with Crippen molar-refractivity contribution in [3.63, 3.8) is 0 Å². The lowest BCUT2D eigenvalue weighted by Crippen LogP contribution is -2.35. The van der Waals surface area contributed by atoms with E-state index in [0.29, 0.717) is 0 Å². The van der Waals surface area contributed by atoms with Gasteiger partial charge in [-0.15, -0.1) is 11.3 Å². The third-order valence-electron chi connectivity index (χ3n) is 3.81. The van der Waals surface area contributed by atoms with Crippen LogP contribution in [0, 0.1) is 0 Å². The molecule has 1 aliphatic carbocycles. The van der Waals surface area contributed by atoms with Gasteiger partial charge in [-0.3, -0.25) is 0 Å². The van der Waals surface area contributed by atoms with Crippen LogP contribution in [0.4, 0.5) is 0 Å². The lowest BCUT2D eigenvalue weighted by atomic mass is 10.0. The molecule has 114 valence electrons. The van der Waals surface area contributed by atoms with Crippen LogP contribution in [0.1, 0.15) is 55.7 Å². The fourth-order valence-corrected chi connectivity index (χ4v) is 3.41. The van der Waals surface area contributed by atoms with Crippen LogP contribution >= 0.6 is 11.3 Å². The SMILES string of the molecule is CC(C)(C)NCc1nc(Cn2cnc3c2CCCC3)cs1. The molecule has 0 fully saturated rings. The molecule has 0 radical (unpaired) electrons. The first-order chi connectivity index (χ1) is 10.0. The molecule has 4 nitrogen and oxygen atoms in total. The second-order valence-corrected chi connectivity index (χ2v) is 7.75. The Morgan fingerprint density at radius 2 is 2.10 bits per heavy atom. The van der Waals surface area contributed by atoms with Crippen molar-refractivity contribution in [3.05, 3.63) is 33.8 Å². The summed E-state index contributed by atoms with van der Waals surface area (Å²) in [5.41, 5.74) is 4.00.